The molecule has 0 aliphatic rings. The molecule has 0 saturated heterocycles. The zero-order valence-corrected chi connectivity index (χ0v) is 9.48. The first-order chi connectivity index (χ1) is 6.06. The Morgan fingerprint density at radius 2 is 1.85 bits per heavy atom. The molecule has 13 heavy (non-hydrogen) atoms. The molecule has 0 fully saturated rings. The van der Waals surface area contributed by atoms with E-state index in [0.717, 1.165) is 25.7 Å². The van der Waals surface area contributed by atoms with E-state index < -0.39 is 10.4 Å². The quantitative estimate of drug-likeness (QED) is 0.520. The zero-order chi connectivity index (χ0) is 10.3. The lowest BCUT2D eigenvalue weighted by Gasteiger charge is -2.26. The Labute approximate surface area is 89.9 Å². The fourth-order valence-electron chi connectivity index (χ4n) is 1.12. The maximum atomic E-state index is 9.68. The molecule has 0 aromatic heterocycles. The third-order valence-corrected chi connectivity index (χ3v) is 2.96. The van der Waals surface area contributed by atoms with Gasteiger partial charge in [0.2, 0.25) is 0 Å². The van der Waals surface area contributed by atoms with Crippen molar-refractivity contribution in [2.45, 2.75) is 49.5 Å². The summed E-state index contributed by atoms with van der Waals surface area (Å²) in [5.74, 6) is 0. The van der Waals surface area contributed by atoms with E-state index in [9.17, 15) is 5.11 Å². The summed E-state index contributed by atoms with van der Waals surface area (Å²) in [5.41, 5.74) is -1.32. The largest absolute Gasteiger partial charge is 0.393 e. The van der Waals surface area contributed by atoms with E-state index >= 15 is 0 Å². The molecular weight excluding hydrogens is 211 g/mol. The molecule has 0 amide bonds. The van der Waals surface area contributed by atoms with Crippen LogP contribution in [-0.4, -0.2) is 27.3 Å². The number of aliphatic hydroxyl groups is 2. The van der Waals surface area contributed by atoms with Gasteiger partial charge in [0.1, 0.15) is 10.4 Å². The summed E-state index contributed by atoms with van der Waals surface area (Å²) >= 11 is 11.1. The van der Waals surface area contributed by atoms with Gasteiger partial charge in [-0.1, -0.05) is 32.6 Å². The van der Waals surface area contributed by atoms with Crippen LogP contribution in [0, 0.1) is 0 Å². The number of unbranched alkanes of at least 4 members (excludes halogenated alkanes) is 3. The maximum absolute atomic E-state index is 9.68. The van der Waals surface area contributed by atoms with Gasteiger partial charge in [0.05, 0.1) is 6.61 Å². The van der Waals surface area contributed by atoms with Crippen molar-refractivity contribution in [3.63, 3.8) is 0 Å². The smallest absolute Gasteiger partial charge is 0.138 e. The third kappa shape index (κ3) is 5.06. The summed E-state index contributed by atoms with van der Waals surface area (Å²) < 4.78 is 0. The van der Waals surface area contributed by atoms with Crippen LogP contribution in [0.1, 0.15) is 39.0 Å². The van der Waals surface area contributed by atoms with E-state index in [-0.39, 0.29) is 6.61 Å². The molecule has 0 aromatic rings. The van der Waals surface area contributed by atoms with E-state index in [2.05, 4.69) is 6.92 Å². The van der Waals surface area contributed by atoms with Crippen LogP contribution in [0.25, 0.3) is 0 Å². The van der Waals surface area contributed by atoms with Crippen LogP contribution in [0.4, 0.5) is 0 Å². The van der Waals surface area contributed by atoms with Crippen molar-refractivity contribution in [2.24, 2.45) is 0 Å². The van der Waals surface area contributed by atoms with Crippen LogP contribution < -0.4 is 0 Å². The molecule has 0 rings (SSSR count). The van der Waals surface area contributed by atoms with Gasteiger partial charge in [-0.05, 0) is 6.42 Å². The SMILES string of the molecule is CCCCCCC(O)(CO)C(Cl)Cl. The Kier molecular flexibility index (Phi) is 7.15. The molecule has 0 bridgehead atoms. The van der Waals surface area contributed by atoms with Crippen LogP contribution in [0.3, 0.4) is 0 Å². The molecule has 0 aliphatic heterocycles. The lowest BCUT2D eigenvalue weighted by Crippen LogP contribution is -2.40. The van der Waals surface area contributed by atoms with E-state index in [1.165, 1.54) is 0 Å². The molecule has 2 N–H and O–H groups in total. The Hall–Kier alpha value is 0.500. The summed E-state index contributed by atoms with van der Waals surface area (Å²) in [4.78, 5) is -0.917. The highest BCUT2D eigenvalue weighted by atomic mass is 35.5. The van der Waals surface area contributed by atoms with Crippen molar-refractivity contribution in [2.75, 3.05) is 6.61 Å². The van der Waals surface area contributed by atoms with Crippen LogP contribution in [-0.2, 0) is 0 Å². The van der Waals surface area contributed by atoms with Gasteiger partial charge in [-0.2, -0.15) is 0 Å². The number of rotatable bonds is 7. The molecular formula is C9H18Cl2O2. The topological polar surface area (TPSA) is 40.5 Å². The Bertz CT molecular complexity index is 131. The van der Waals surface area contributed by atoms with Gasteiger partial charge < -0.3 is 10.2 Å². The number of aliphatic hydroxyl groups excluding tert-OH is 1. The van der Waals surface area contributed by atoms with E-state index in [0.29, 0.717) is 6.42 Å². The molecule has 0 saturated carbocycles. The number of hydrogen-bond donors (Lipinski definition) is 2. The van der Waals surface area contributed by atoms with Crippen LogP contribution in [0.2, 0.25) is 0 Å². The van der Waals surface area contributed by atoms with E-state index in [4.69, 9.17) is 28.3 Å². The first kappa shape index (κ1) is 13.5. The highest BCUT2D eigenvalue weighted by molar-refractivity contribution is 6.45. The van der Waals surface area contributed by atoms with E-state index in [1.807, 2.05) is 0 Å². The predicted molar refractivity (Wildman–Crippen MR) is 56.3 cm³/mol. The Balaban J connectivity index is 3.71. The summed E-state index contributed by atoms with van der Waals surface area (Å²) in [5, 5.41) is 18.6. The third-order valence-electron chi connectivity index (χ3n) is 2.14. The van der Waals surface area contributed by atoms with Gasteiger partial charge >= 0.3 is 0 Å². The average Bonchev–Trinajstić information content (AvgIpc) is 2.12. The van der Waals surface area contributed by atoms with Crippen molar-refractivity contribution in [1.29, 1.82) is 0 Å². The second-order valence-corrected chi connectivity index (χ2v) is 4.47. The standard InChI is InChI=1S/C9H18Cl2O2/c1-2-3-4-5-6-9(13,7-12)8(10)11/h8,12-13H,2-7H2,1H3. The van der Waals surface area contributed by atoms with Crippen molar-refractivity contribution in [3.8, 4) is 0 Å². The lowest BCUT2D eigenvalue weighted by molar-refractivity contribution is -0.0117. The minimum atomic E-state index is -1.32. The summed E-state index contributed by atoms with van der Waals surface area (Å²) in [6.45, 7) is 1.74. The van der Waals surface area contributed by atoms with Crippen molar-refractivity contribution >= 4 is 23.2 Å². The fourth-order valence-corrected chi connectivity index (χ4v) is 1.47. The first-order valence-corrected chi connectivity index (χ1v) is 5.55. The van der Waals surface area contributed by atoms with Gasteiger partial charge in [0.15, 0.2) is 0 Å². The van der Waals surface area contributed by atoms with Crippen molar-refractivity contribution in [3.05, 3.63) is 0 Å². The normalized spacial score (nSPS) is 16.2. The molecule has 1 unspecified atom stereocenters. The lowest BCUT2D eigenvalue weighted by atomic mass is 9.98. The average molecular weight is 229 g/mol. The minimum absolute atomic E-state index is 0.378. The molecule has 0 heterocycles. The predicted octanol–water partition coefficient (Wildman–Crippen LogP) is 2.48. The monoisotopic (exact) mass is 228 g/mol. The van der Waals surface area contributed by atoms with Crippen LogP contribution in [0.15, 0.2) is 0 Å². The molecule has 1 atom stereocenters. The number of halogens is 2. The maximum Gasteiger partial charge on any atom is 0.138 e. The van der Waals surface area contributed by atoms with Crippen LogP contribution >= 0.6 is 23.2 Å². The summed E-state index contributed by atoms with van der Waals surface area (Å²) in [6.07, 6.45) is 4.63. The highest BCUT2D eigenvalue weighted by Gasteiger charge is 2.32. The van der Waals surface area contributed by atoms with Gasteiger partial charge in [-0.25, -0.2) is 0 Å². The number of hydrogen-bond acceptors (Lipinski definition) is 2. The molecule has 0 spiro atoms. The fraction of sp³-hybridized carbons (Fsp3) is 1.00. The highest BCUT2D eigenvalue weighted by Crippen LogP contribution is 2.25. The molecule has 2 nitrogen and oxygen atoms in total. The molecule has 80 valence electrons. The second-order valence-electron chi connectivity index (χ2n) is 3.37. The van der Waals surface area contributed by atoms with Gasteiger partial charge in [-0.15, -0.1) is 23.2 Å². The van der Waals surface area contributed by atoms with Crippen LogP contribution in [0.5, 0.6) is 0 Å². The molecule has 0 radical (unpaired) electrons. The summed E-state index contributed by atoms with van der Waals surface area (Å²) in [7, 11) is 0. The van der Waals surface area contributed by atoms with Gasteiger partial charge in [0, 0.05) is 0 Å². The summed E-state index contributed by atoms with van der Waals surface area (Å²) in [6, 6.07) is 0. The Morgan fingerprint density at radius 3 is 2.23 bits per heavy atom. The van der Waals surface area contributed by atoms with Crippen molar-refractivity contribution in [1.82, 2.24) is 0 Å². The van der Waals surface area contributed by atoms with E-state index in [1.54, 1.807) is 0 Å². The molecule has 0 aliphatic carbocycles. The first-order valence-electron chi connectivity index (χ1n) is 4.68. The van der Waals surface area contributed by atoms with Gasteiger partial charge in [-0.3, -0.25) is 0 Å². The molecule has 4 heteroatoms. The molecule has 0 aromatic carbocycles. The Morgan fingerprint density at radius 1 is 1.23 bits per heavy atom. The zero-order valence-electron chi connectivity index (χ0n) is 7.97. The second kappa shape index (κ2) is 6.88. The minimum Gasteiger partial charge on any atom is -0.393 e. The number of alkyl halides is 2. The van der Waals surface area contributed by atoms with Gasteiger partial charge in [0.25, 0.3) is 0 Å². The van der Waals surface area contributed by atoms with Crippen molar-refractivity contribution < 1.29 is 10.2 Å².